The Bertz CT molecular complexity index is 576. The maximum atomic E-state index is 5.87. The monoisotopic (exact) mass is 263 g/mol. The molecule has 1 saturated carbocycles. The highest BCUT2D eigenvalue weighted by Crippen LogP contribution is 2.39. The van der Waals surface area contributed by atoms with E-state index in [2.05, 4.69) is 27.5 Å². The maximum Gasteiger partial charge on any atom is 0.160 e. The van der Waals surface area contributed by atoms with Crippen LogP contribution in [0.4, 0.5) is 0 Å². The third-order valence-corrected chi connectivity index (χ3v) is 4.01. The largest absolute Gasteiger partial charge is 0.312 e. The topological polar surface area (TPSA) is 30.7 Å². The number of nitrogens with zero attached hydrogens (tertiary/aromatic N) is 3. The second kappa shape index (κ2) is 4.54. The van der Waals surface area contributed by atoms with E-state index >= 15 is 0 Å². The Hall–Kier alpha value is -1.09. The fourth-order valence-electron chi connectivity index (χ4n) is 2.50. The zero-order chi connectivity index (χ0) is 12.7. The van der Waals surface area contributed by atoms with Gasteiger partial charge < -0.3 is 4.57 Å². The van der Waals surface area contributed by atoms with Crippen LogP contribution in [-0.4, -0.2) is 20.4 Å². The molecule has 1 aliphatic carbocycles. The first kappa shape index (κ1) is 12.0. The van der Waals surface area contributed by atoms with Gasteiger partial charge in [-0.1, -0.05) is 6.92 Å². The first-order valence-electron chi connectivity index (χ1n) is 6.57. The molecule has 2 atom stereocenters. The molecule has 2 heterocycles. The molecule has 0 amide bonds. The maximum absolute atomic E-state index is 5.87. The summed E-state index contributed by atoms with van der Waals surface area (Å²) in [7, 11) is 0. The lowest BCUT2D eigenvalue weighted by Gasteiger charge is -2.07. The Morgan fingerprint density at radius 2 is 2.17 bits per heavy atom. The first-order chi connectivity index (χ1) is 8.69. The van der Waals surface area contributed by atoms with Crippen molar-refractivity contribution in [3.8, 4) is 0 Å². The molecule has 0 bridgehead atoms. The Labute approximate surface area is 112 Å². The molecule has 0 N–H and O–H groups in total. The summed E-state index contributed by atoms with van der Waals surface area (Å²) in [5.41, 5.74) is 3.06. The van der Waals surface area contributed by atoms with E-state index in [4.69, 9.17) is 11.6 Å². The predicted octanol–water partition coefficient (Wildman–Crippen LogP) is 3.18. The van der Waals surface area contributed by atoms with Crippen LogP contribution >= 0.6 is 11.6 Å². The Morgan fingerprint density at radius 1 is 1.39 bits per heavy atom. The average molecular weight is 264 g/mol. The summed E-state index contributed by atoms with van der Waals surface area (Å²) in [6, 6.07) is 4.08. The summed E-state index contributed by atoms with van der Waals surface area (Å²) in [4.78, 5) is 9.31. The van der Waals surface area contributed by atoms with Crippen molar-refractivity contribution in [3.63, 3.8) is 0 Å². The van der Waals surface area contributed by atoms with Crippen molar-refractivity contribution in [2.24, 2.45) is 11.8 Å². The molecule has 2 aromatic rings. The van der Waals surface area contributed by atoms with Gasteiger partial charge in [0.15, 0.2) is 5.65 Å². The highest BCUT2D eigenvalue weighted by atomic mass is 35.5. The van der Waals surface area contributed by atoms with Crippen molar-refractivity contribution in [3.05, 3.63) is 23.7 Å². The van der Waals surface area contributed by atoms with Crippen LogP contribution in [0, 0.1) is 18.8 Å². The van der Waals surface area contributed by atoms with Crippen LogP contribution in [-0.2, 0) is 13.0 Å². The summed E-state index contributed by atoms with van der Waals surface area (Å²) >= 11 is 5.87. The van der Waals surface area contributed by atoms with Crippen molar-refractivity contribution in [1.29, 1.82) is 0 Å². The Balaban J connectivity index is 2.04. The average Bonchev–Trinajstić information content (AvgIpc) is 2.93. The molecule has 0 aromatic carbocycles. The molecule has 3 nitrogen and oxygen atoms in total. The Kier molecular flexibility index (Phi) is 3.02. The van der Waals surface area contributed by atoms with Crippen LogP contribution in [0.25, 0.3) is 11.2 Å². The minimum Gasteiger partial charge on any atom is -0.312 e. The van der Waals surface area contributed by atoms with E-state index in [1.165, 1.54) is 6.42 Å². The molecular weight excluding hydrogens is 246 g/mol. The number of hydrogen-bond donors (Lipinski definition) is 0. The molecule has 18 heavy (non-hydrogen) atoms. The summed E-state index contributed by atoms with van der Waals surface area (Å²) in [6.07, 6.45) is 2.14. The zero-order valence-electron chi connectivity index (χ0n) is 10.9. The van der Waals surface area contributed by atoms with Crippen LogP contribution < -0.4 is 0 Å². The number of aryl methyl sites for hydroxylation is 2. The van der Waals surface area contributed by atoms with E-state index in [1.807, 2.05) is 13.0 Å². The van der Waals surface area contributed by atoms with Gasteiger partial charge >= 0.3 is 0 Å². The molecule has 1 fully saturated rings. The summed E-state index contributed by atoms with van der Waals surface area (Å²) in [5.74, 6) is 3.33. The molecule has 0 spiro atoms. The van der Waals surface area contributed by atoms with Gasteiger partial charge in [-0.15, -0.1) is 11.6 Å². The number of fused-ring (bicyclic) bond motifs is 1. The van der Waals surface area contributed by atoms with Gasteiger partial charge in [0.2, 0.25) is 0 Å². The van der Waals surface area contributed by atoms with E-state index in [0.717, 1.165) is 47.5 Å². The van der Waals surface area contributed by atoms with E-state index in [9.17, 15) is 0 Å². The molecule has 0 radical (unpaired) electrons. The molecule has 4 heteroatoms. The molecule has 0 saturated heterocycles. The van der Waals surface area contributed by atoms with Crippen LogP contribution in [0.5, 0.6) is 0 Å². The van der Waals surface area contributed by atoms with Crippen LogP contribution in [0.2, 0.25) is 0 Å². The van der Waals surface area contributed by atoms with E-state index in [1.54, 1.807) is 0 Å². The van der Waals surface area contributed by atoms with Crippen molar-refractivity contribution < 1.29 is 0 Å². The smallest absolute Gasteiger partial charge is 0.160 e. The van der Waals surface area contributed by atoms with Crippen molar-refractivity contribution in [1.82, 2.24) is 14.5 Å². The zero-order valence-corrected chi connectivity index (χ0v) is 11.6. The Morgan fingerprint density at radius 3 is 2.83 bits per heavy atom. The minimum absolute atomic E-state index is 0.614. The summed E-state index contributed by atoms with van der Waals surface area (Å²) in [6.45, 7) is 5.38. The van der Waals surface area contributed by atoms with Gasteiger partial charge in [-0.25, -0.2) is 9.97 Å². The van der Waals surface area contributed by atoms with Gasteiger partial charge in [-0.3, -0.25) is 0 Å². The fraction of sp³-hybridized carbons (Fsp3) is 0.571. The third kappa shape index (κ3) is 2.12. The molecule has 96 valence electrons. The van der Waals surface area contributed by atoms with Crippen molar-refractivity contribution >= 4 is 22.8 Å². The lowest BCUT2D eigenvalue weighted by Crippen LogP contribution is -2.07. The number of halogens is 1. The number of hydrogen-bond acceptors (Lipinski definition) is 2. The number of rotatable bonds is 4. The first-order valence-corrected chi connectivity index (χ1v) is 7.11. The lowest BCUT2D eigenvalue weighted by molar-refractivity contribution is 0.581. The minimum atomic E-state index is 0.614. The third-order valence-electron chi connectivity index (χ3n) is 3.82. The number of pyridine rings is 1. The van der Waals surface area contributed by atoms with E-state index in [-0.39, 0.29) is 0 Å². The van der Waals surface area contributed by atoms with Crippen molar-refractivity contribution in [2.45, 2.75) is 33.2 Å². The van der Waals surface area contributed by atoms with Gasteiger partial charge in [0.25, 0.3) is 0 Å². The highest BCUT2D eigenvalue weighted by Gasteiger charge is 2.33. The molecular formula is C14H18ClN3. The fourth-order valence-corrected chi connectivity index (χ4v) is 2.67. The molecule has 1 aliphatic rings. The number of alkyl halides is 1. The van der Waals surface area contributed by atoms with Crippen LogP contribution in [0.1, 0.15) is 24.9 Å². The van der Waals surface area contributed by atoms with Crippen LogP contribution in [0.15, 0.2) is 12.1 Å². The van der Waals surface area contributed by atoms with Crippen LogP contribution in [0.3, 0.4) is 0 Å². The van der Waals surface area contributed by atoms with Gasteiger partial charge in [0.1, 0.15) is 11.3 Å². The van der Waals surface area contributed by atoms with Gasteiger partial charge in [-0.2, -0.15) is 0 Å². The number of imidazole rings is 1. The molecule has 0 aliphatic heterocycles. The predicted molar refractivity (Wildman–Crippen MR) is 74.0 cm³/mol. The second-order valence-corrected chi connectivity index (χ2v) is 5.72. The van der Waals surface area contributed by atoms with E-state index < -0.39 is 0 Å². The van der Waals surface area contributed by atoms with Gasteiger partial charge in [0.05, 0.1) is 0 Å². The number of aromatic nitrogens is 3. The lowest BCUT2D eigenvalue weighted by atomic mass is 10.3. The van der Waals surface area contributed by atoms with Gasteiger partial charge in [-0.05, 0) is 37.3 Å². The molecule has 2 aromatic heterocycles. The normalized spacial score (nSPS) is 22.6. The molecule has 2 unspecified atom stereocenters. The SMILES string of the molecule is Cc1ccc2nc(CCCl)n(CC3CC3C)c2n1. The van der Waals surface area contributed by atoms with Crippen molar-refractivity contribution in [2.75, 3.05) is 5.88 Å². The highest BCUT2D eigenvalue weighted by molar-refractivity contribution is 6.17. The second-order valence-electron chi connectivity index (χ2n) is 5.35. The van der Waals surface area contributed by atoms with E-state index in [0.29, 0.717) is 5.88 Å². The molecule has 3 rings (SSSR count). The van der Waals surface area contributed by atoms with Gasteiger partial charge in [0, 0.05) is 24.5 Å². The standard InChI is InChI=1S/C14H18ClN3/c1-9-7-11(9)8-18-13(5-6-15)17-12-4-3-10(2)16-14(12)18/h3-4,9,11H,5-8H2,1-2H3. The summed E-state index contributed by atoms with van der Waals surface area (Å²) < 4.78 is 2.28. The quantitative estimate of drug-likeness (QED) is 0.794. The summed E-state index contributed by atoms with van der Waals surface area (Å²) in [5, 5.41) is 0.